The van der Waals surface area contributed by atoms with Crippen molar-refractivity contribution in [3.8, 4) is 0 Å². The molecule has 2 aliphatic heterocycles. The molecule has 2 aliphatic rings. The van der Waals surface area contributed by atoms with Crippen LogP contribution in [0.25, 0.3) is 0 Å². The molecule has 0 aliphatic carbocycles. The van der Waals surface area contributed by atoms with Crippen LogP contribution >= 0.6 is 0 Å². The van der Waals surface area contributed by atoms with Crippen LogP contribution in [0.4, 0.5) is 5.69 Å². The van der Waals surface area contributed by atoms with Gasteiger partial charge in [-0.1, -0.05) is 30.3 Å². The Morgan fingerprint density at radius 1 is 0.931 bits per heavy atom. The van der Waals surface area contributed by atoms with Gasteiger partial charge < -0.3 is 10.2 Å². The Morgan fingerprint density at radius 3 is 2.21 bits per heavy atom. The third-order valence-corrected chi connectivity index (χ3v) is 5.22. The number of para-hydroxylation sites is 1. The van der Waals surface area contributed by atoms with Crippen molar-refractivity contribution in [3.05, 3.63) is 65.7 Å². The first-order valence-corrected chi connectivity index (χ1v) is 9.64. The first-order chi connectivity index (χ1) is 14.0. The normalized spacial score (nSPS) is 18.3. The van der Waals surface area contributed by atoms with E-state index in [0.717, 1.165) is 5.69 Å². The second-order valence-electron chi connectivity index (χ2n) is 7.22. The van der Waals surface area contributed by atoms with Crippen LogP contribution < -0.4 is 10.2 Å². The molecule has 2 heterocycles. The summed E-state index contributed by atoms with van der Waals surface area (Å²) in [6.45, 7) is 0.631. The average molecular weight is 391 g/mol. The van der Waals surface area contributed by atoms with Crippen LogP contribution in [0.15, 0.2) is 54.6 Å². The smallest absolute Gasteiger partial charge is 0.261 e. The molecule has 0 saturated carbocycles. The fraction of sp³-hybridized carbons (Fsp3) is 0.273. The number of amides is 4. The second-order valence-corrected chi connectivity index (χ2v) is 7.22. The van der Waals surface area contributed by atoms with Gasteiger partial charge in [-0.25, -0.2) is 0 Å². The van der Waals surface area contributed by atoms with Gasteiger partial charge in [-0.3, -0.25) is 24.1 Å². The molecule has 7 heteroatoms. The fourth-order valence-electron chi connectivity index (χ4n) is 3.80. The van der Waals surface area contributed by atoms with Crippen LogP contribution in [0, 0.1) is 0 Å². The number of imide groups is 1. The lowest BCUT2D eigenvalue weighted by Gasteiger charge is -2.17. The number of carbonyl (C=O) groups is 4. The highest BCUT2D eigenvalue weighted by molar-refractivity contribution is 6.21. The average Bonchev–Trinajstić information content (AvgIpc) is 3.21. The van der Waals surface area contributed by atoms with Crippen LogP contribution in [0.5, 0.6) is 0 Å². The van der Waals surface area contributed by atoms with E-state index in [1.54, 1.807) is 29.2 Å². The third kappa shape index (κ3) is 3.76. The molecular weight excluding hydrogens is 370 g/mol. The molecule has 1 fully saturated rings. The van der Waals surface area contributed by atoms with Crippen molar-refractivity contribution in [3.63, 3.8) is 0 Å². The minimum absolute atomic E-state index is 0.0208. The summed E-state index contributed by atoms with van der Waals surface area (Å²) >= 11 is 0. The Kier molecular flexibility index (Phi) is 5.12. The lowest BCUT2D eigenvalue weighted by Crippen LogP contribution is -2.37. The van der Waals surface area contributed by atoms with E-state index in [1.165, 1.54) is 4.90 Å². The van der Waals surface area contributed by atoms with Crippen molar-refractivity contribution >= 4 is 29.3 Å². The SMILES string of the molecule is O=C(CCCN1C(=O)c2ccccc2C1=O)N[C@@H]1CC(=O)N(c2ccccc2)C1. The van der Waals surface area contributed by atoms with Crippen LogP contribution in [-0.4, -0.2) is 47.7 Å². The molecule has 0 bridgehead atoms. The Morgan fingerprint density at radius 2 is 1.55 bits per heavy atom. The van der Waals surface area contributed by atoms with Crippen molar-refractivity contribution in [2.45, 2.75) is 25.3 Å². The molecule has 0 radical (unpaired) electrons. The van der Waals surface area contributed by atoms with E-state index >= 15 is 0 Å². The van der Waals surface area contributed by atoms with E-state index in [2.05, 4.69) is 5.32 Å². The summed E-state index contributed by atoms with van der Waals surface area (Å²) < 4.78 is 0. The highest BCUT2D eigenvalue weighted by atomic mass is 16.2. The maximum atomic E-state index is 12.3. The second kappa shape index (κ2) is 7.87. The predicted molar refractivity (Wildman–Crippen MR) is 106 cm³/mol. The van der Waals surface area contributed by atoms with E-state index in [-0.39, 0.29) is 49.1 Å². The van der Waals surface area contributed by atoms with Crippen molar-refractivity contribution in [2.75, 3.05) is 18.0 Å². The lowest BCUT2D eigenvalue weighted by atomic mass is 10.1. The fourth-order valence-corrected chi connectivity index (χ4v) is 3.80. The number of hydrogen-bond acceptors (Lipinski definition) is 4. The number of hydrogen-bond donors (Lipinski definition) is 1. The standard InChI is InChI=1S/C22H21N3O4/c26-19(23-15-13-20(27)25(14-15)16-7-2-1-3-8-16)11-6-12-24-21(28)17-9-4-5-10-18(17)22(24)29/h1-5,7-10,15H,6,11-14H2,(H,23,26)/t15-/m1/s1. The van der Waals surface area contributed by atoms with E-state index < -0.39 is 0 Å². The highest BCUT2D eigenvalue weighted by Gasteiger charge is 2.35. The van der Waals surface area contributed by atoms with Gasteiger partial charge in [-0.2, -0.15) is 0 Å². The Hall–Kier alpha value is -3.48. The number of anilines is 1. The summed E-state index contributed by atoms with van der Waals surface area (Å²) in [5.41, 5.74) is 1.64. The zero-order valence-corrected chi connectivity index (χ0v) is 15.8. The number of nitrogens with zero attached hydrogens (tertiary/aromatic N) is 2. The molecule has 1 atom stereocenters. The summed E-state index contributed by atoms with van der Waals surface area (Å²) in [6, 6.07) is 15.8. The van der Waals surface area contributed by atoms with E-state index in [1.807, 2.05) is 30.3 Å². The van der Waals surface area contributed by atoms with Gasteiger partial charge in [0, 0.05) is 31.6 Å². The van der Waals surface area contributed by atoms with Gasteiger partial charge in [-0.15, -0.1) is 0 Å². The third-order valence-electron chi connectivity index (χ3n) is 5.22. The van der Waals surface area contributed by atoms with E-state index in [4.69, 9.17) is 0 Å². The Balaban J connectivity index is 1.26. The zero-order valence-electron chi connectivity index (χ0n) is 15.8. The predicted octanol–water partition coefficient (Wildman–Crippen LogP) is 1.98. The largest absolute Gasteiger partial charge is 0.351 e. The van der Waals surface area contributed by atoms with Gasteiger partial charge in [0.25, 0.3) is 11.8 Å². The molecular formula is C22H21N3O4. The molecule has 148 valence electrons. The first kappa shape index (κ1) is 18.9. The summed E-state index contributed by atoms with van der Waals surface area (Å²) in [6.07, 6.45) is 0.822. The van der Waals surface area contributed by atoms with Crippen LogP contribution in [0.1, 0.15) is 40.0 Å². The summed E-state index contributed by atoms with van der Waals surface area (Å²) in [4.78, 5) is 52.0. The number of benzene rings is 2. The van der Waals surface area contributed by atoms with Gasteiger partial charge in [0.1, 0.15) is 0 Å². The van der Waals surface area contributed by atoms with Gasteiger partial charge in [0.05, 0.1) is 17.2 Å². The maximum Gasteiger partial charge on any atom is 0.261 e. The first-order valence-electron chi connectivity index (χ1n) is 9.64. The number of fused-ring (bicyclic) bond motifs is 1. The molecule has 0 aromatic heterocycles. The van der Waals surface area contributed by atoms with Crippen molar-refractivity contribution in [1.82, 2.24) is 10.2 Å². The minimum atomic E-state index is -0.314. The molecule has 1 N–H and O–H groups in total. The van der Waals surface area contributed by atoms with Crippen LogP contribution in [0.3, 0.4) is 0 Å². The van der Waals surface area contributed by atoms with Crippen molar-refractivity contribution in [2.24, 2.45) is 0 Å². The highest BCUT2D eigenvalue weighted by Crippen LogP contribution is 2.23. The number of nitrogens with one attached hydrogen (secondary N) is 1. The summed E-state index contributed by atoms with van der Waals surface area (Å²) in [5.74, 6) is -0.835. The zero-order chi connectivity index (χ0) is 20.4. The van der Waals surface area contributed by atoms with Crippen LogP contribution in [-0.2, 0) is 9.59 Å². The molecule has 7 nitrogen and oxygen atoms in total. The molecule has 0 spiro atoms. The summed E-state index contributed by atoms with van der Waals surface area (Å²) in [5, 5.41) is 2.88. The Labute approximate surface area is 168 Å². The molecule has 4 amide bonds. The Bertz CT molecular complexity index is 938. The van der Waals surface area contributed by atoms with Gasteiger partial charge in [0.2, 0.25) is 11.8 Å². The van der Waals surface area contributed by atoms with Gasteiger partial charge >= 0.3 is 0 Å². The van der Waals surface area contributed by atoms with Crippen LogP contribution in [0.2, 0.25) is 0 Å². The number of carbonyl (C=O) groups excluding carboxylic acids is 4. The maximum absolute atomic E-state index is 12.3. The molecule has 4 rings (SSSR count). The number of rotatable bonds is 6. The monoisotopic (exact) mass is 391 g/mol. The van der Waals surface area contributed by atoms with Crippen molar-refractivity contribution < 1.29 is 19.2 Å². The molecule has 2 aromatic carbocycles. The molecule has 2 aromatic rings. The summed E-state index contributed by atoms with van der Waals surface area (Å²) in [7, 11) is 0. The molecule has 1 saturated heterocycles. The van der Waals surface area contributed by atoms with E-state index in [0.29, 0.717) is 24.1 Å². The topological polar surface area (TPSA) is 86.8 Å². The van der Waals surface area contributed by atoms with Gasteiger partial charge in [-0.05, 0) is 30.7 Å². The molecule has 29 heavy (non-hydrogen) atoms. The molecule has 0 unspecified atom stereocenters. The quantitative estimate of drug-likeness (QED) is 0.763. The lowest BCUT2D eigenvalue weighted by molar-refractivity contribution is -0.121. The van der Waals surface area contributed by atoms with E-state index in [9.17, 15) is 19.2 Å². The van der Waals surface area contributed by atoms with Crippen molar-refractivity contribution in [1.29, 1.82) is 0 Å². The minimum Gasteiger partial charge on any atom is -0.351 e. The van der Waals surface area contributed by atoms with Gasteiger partial charge in [0.15, 0.2) is 0 Å².